The van der Waals surface area contributed by atoms with Crippen molar-refractivity contribution in [3.05, 3.63) is 52.0 Å². The highest BCUT2D eigenvalue weighted by Crippen LogP contribution is 2.30. The zero-order chi connectivity index (χ0) is 14.4. The van der Waals surface area contributed by atoms with E-state index in [0.29, 0.717) is 6.61 Å². The van der Waals surface area contributed by atoms with Gasteiger partial charge in [-0.05, 0) is 12.5 Å². The Morgan fingerprint density at radius 3 is 2.45 bits per heavy atom. The van der Waals surface area contributed by atoms with E-state index in [-0.39, 0.29) is 6.10 Å². The molecule has 1 heterocycles. The Labute approximate surface area is 123 Å². The monoisotopic (exact) mass is 293 g/mol. The zero-order valence-corrected chi connectivity index (χ0v) is 12.7. The van der Waals surface area contributed by atoms with E-state index in [1.54, 1.807) is 25.6 Å². The van der Waals surface area contributed by atoms with Gasteiger partial charge in [-0.25, -0.2) is 4.98 Å². The van der Waals surface area contributed by atoms with Crippen LogP contribution in [0.25, 0.3) is 0 Å². The summed E-state index contributed by atoms with van der Waals surface area (Å²) in [6, 6.07) is 10.1. The molecule has 0 fully saturated rings. The van der Waals surface area contributed by atoms with Gasteiger partial charge in [-0.3, -0.25) is 0 Å². The van der Waals surface area contributed by atoms with Crippen LogP contribution in [-0.4, -0.2) is 25.8 Å². The topological polar surface area (TPSA) is 40.6 Å². The van der Waals surface area contributed by atoms with Crippen molar-refractivity contribution in [2.45, 2.75) is 19.3 Å². The van der Waals surface area contributed by atoms with Gasteiger partial charge in [-0.1, -0.05) is 30.3 Å². The van der Waals surface area contributed by atoms with Crippen LogP contribution < -0.4 is 0 Å². The van der Waals surface area contributed by atoms with Crippen molar-refractivity contribution in [3.8, 4) is 0 Å². The number of hydrogen-bond acceptors (Lipinski definition) is 5. The van der Waals surface area contributed by atoms with Gasteiger partial charge in [0.1, 0.15) is 16.8 Å². The Bertz CT molecular complexity index is 511. The predicted octanol–water partition coefficient (Wildman–Crippen LogP) is 3.56. The van der Waals surface area contributed by atoms with Crippen LogP contribution in [0.5, 0.6) is 0 Å². The molecule has 5 heteroatoms. The predicted molar refractivity (Wildman–Crippen MR) is 78.8 cm³/mol. The SMILES string of the molecule is CCOC(c1ccccc1)c1nc(C(OC)OC)cs1. The Kier molecular flexibility index (Phi) is 5.67. The van der Waals surface area contributed by atoms with Gasteiger partial charge >= 0.3 is 0 Å². The molecule has 4 nitrogen and oxygen atoms in total. The minimum Gasteiger partial charge on any atom is -0.367 e. The van der Waals surface area contributed by atoms with Crippen molar-refractivity contribution in [1.82, 2.24) is 4.98 Å². The molecule has 0 aliphatic rings. The number of aromatic nitrogens is 1. The average Bonchev–Trinajstić information content (AvgIpc) is 2.96. The van der Waals surface area contributed by atoms with Crippen molar-refractivity contribution >= 4 is 11.3 Å². The van der Waals surface area contributed by atoms with Gasteiger partial charge in [0, 0.05) is 26.2 Å². The molecule has 108 valence electrons. The van der Waals surface area contributed by atoms with Crippen molar-refractivity contribution < 1.29 is 14.2 Å². The van der Waals surface area contributed by atoms with E-state index in [0.717, 1.165) is 16.3 Å². The average molecular weight is 293 g/mol. The number of thiazole rings is 1. The van der Waals surface area contributed by atoms with Crippen LogP contribution >= 0.6 is 11.3 Å². The van der Waals surface area contributed by atoms with Gasteiger partial charge in [0.2, 0.25) is 6.29 Å². The van der Waals surface area contributed by atoms with E-state index in [1.807, 2.05) is 42.6 Å². The Balaban J connectivity index is 2.26. The number of hydrogen-bond donors (Lipinski definition) is 0. The van der Waals surface area contributed by atoms with Gasteiger partial charge in [0.05, 0.1) is 0 Å². The molecule has 0 radical (unpaired) electrons. The lowest BCUT2D eigenvalue weighted by molar-refractivity contribution is -0.108. The second-order valence-electron chi connectivity index (χ2n) is 4.16. The van der Waals surface area contributed by atoms with Gasteiger partial charge in [-0.2, -0.15) is 0 Å². The molecular weight excluding hydrogens is 274 g/mol. The Morgan fingerprint density at radius 1 is 1.15 bits per heavy atom. The minimum atomic E-state index is -0.432. The number of nitrogens with zero attached hydrogens (tertiary/aromatic N) is 1. The van der Waals surface area contributed by atoms with Crippen LogP contribution in [0, 0.1) is 0 Å². The molecule has 0 saturated carbocycles. The zero-order valence-electron chi connectivity index (χ0n) is 11.9. The lowest BCUT2D eigenvalue weighted by Crippen LogP contribution is -2.08. The largest absolute Gasteiger partial charge is 0.367 e. The first-order chi connectivity index (χ1) is 9.80. The maximum Gasteiger partial charge on any atom is 0.201 e. The number of methoxy groups -OCH3 is 2. The molecule has 0 amide bonds. The maximum absolute atomic E-state index is 5.84. The lowest BCUT2D eigenvalue weighted by Gasteiger charge is -2.15. The fourth-order valence-electron chi connectivity index (χ4n) is 1.97. The van der Waals surface area contributed by atoms with Crippen LogP contribution in [-0.2, 0) is 14.2 Å². The quantitative estimate of drug-likeness (QED) is 0.732. The van der Waals surface area contributed by atoms with Gasteiger partial charge in [0.25, 0.3) is 0 Å². The van der Waals surface area contributed by atoms with Crippen LogP contribution in [0.15, 0.2) is 35.7 Å². The van der Waals surface area contributed by atoms with E-state index >= 15 is 0 Å². The molecule has 0 spiro atoms. The summed E-state index contributed by atoms with van der Waals surface area (Å²) in [7, 11) is 3.20. The third-order valence-corrected chi connectivity index (χ3v) is 3.78. The third-order valence-electron chi connectivity index (χ3n) is 2.87. The first-order valence-corrected chi connectivity index (χ1v) is 7.35. The van der Waals surface area contributed by atoms with Crippen molar-refractivity contribution in [3.63, 3.8) is 0 Å². The van der Waals surface area contributed by atoms with Gasteiger partial charge < -0.3 is 14.2 Å². The highest BCUT2D eigenvalue weighted by molar-refractivity contribution is 7.09. The first kappa shape index (κ1) is 15.1. The summed E-state index contributed by atoms with van der Waals surface area (Å²) in [4.78, 5) is 4.59. The molecule has 1 atom stereocenters. The Morgan fingerprint density at radius 2 is 1.85 bits per heavy atom. The fraction of sp³-hybridized carbons (Fsp3) is 0.400. The van der Waals surface area contributed by atoms with Crippen molar-refractivity contribution in [1.29, 1.82) is 0 Å². The van der Waals surface area contributed by atoms with Crippen molar-refractivity contribution in [2.75, 3.05) is 20.8 Å². The van der Waals surface area contributed by atoms with E-state index in [4.69, 9.17) is 14.2 Å². The molecular formula is C15H19NO3S. The summed E-state index contributed by atoms with van der Waals surface area (Å²) in [6.07, 6.45) is -0.577. The standard InChI is InChI=1S/C15H19NO3S/c1-4-19-13(11-8-6-5-7-9-11)14-16-12(10-20-14)15(17-2)18-3/h5-10,13,15H,4H2,1-3H3. The number of ether oxygens (including phenoxy) is 3. The summed E-state index contributed by atoms with van der Waals surface area (Å²) in [5, 5.41) is 2.86. The highest BCUT2D eigenvalue weighted by Gasteiger charge is 2.21. The summed E-state index contributed by atoms with van der Waals surface area (Å²) in [5.41, 5.74) is 1.87. The lowest BCUT2D eigenvalue weighted by atomic mass is 10.1. The third kappa shape index (κ3) is 3.43. The normalized spacial score (nSPS) is 12.8. The molecule has 0 aliphatic carbocycles. The fourth-order valence-corrected chi connectivity index (χ4v) is 2.86. The van der Waals surface area contributed by atoms with E-state index in [1.165, 1.54) is 0 Å². The molecule has 0 N–H and O–H groups in total. The molecule has 0 saturated heterocycles. The highest BCUT2D eigenvalue weighted by atomic mass is 32.1. The number of benzene rings is 1. The Hall–Kier alpha value is -1.27. The van der Waals surface area contributed by atoms with Crippen LogP contribution in [0.1, 0.15) is 35.6 Å². The molecule has 20 heavy (non-hydrogen) atoms. The maximum atomic E-state index is 5.84. The van der Waals surface area contributed by atoms with Crippen LogP contribution in [0.3, 0.4) is 0 Å². The van der Waals surface area contributed by atoms with Crippen molar-refractivity contribution in [2.24, 2.45) is 0 Å². The van der Waals surface area contributed by atoms with Gasteiger partial charge in [0.15, 0.2) is 0 Å². The van der Waals surface area contributed by atoms with E-state index < -0.39 is 6.29 Å². The molecule has 0 bridgehead atoms. The van der Waals surface area contributed by atoms with E-state index in [2.05, 4.69) is 4.98 Å². The molecule has 1 aromatic heterocycles. The smallest absolute Gasteiger partial charge is 0.201 e. The van der Waals surface area contributed by atoms with Crippen LogP contribution in [0.4, 0.5) is 0 Å². The summed E-state index contributed by atoms with van der Waals surface area (Å²) >= 11 is 1.56. The summed E-state index contributed by atoms with van der Waals surface area (Å²) in [5.74, 6) is 0. The number of rotatable bonds is 7. The summed E-state index contributed by atoms with van der Waals surface area (Å²) < 4.78 is 16.3. The molecule has 0 aliphatic heterocycles. The van der Waals surface area contributed by atoms with Crippen LogP contribution in [0.2, 0.25) is 0 Å². The molecule has 1 unspecified atom stereocenters. The minimum absolute atomic E-state index is 0.144. The molecule has 2 rings (SSSR count). The first-order valence-electron chi connectivity index (χ1n) is 6.47. The summed E-state index contributed by atoms with van der Waals surface area (Å²) in [6.45, 7) is 2.62. The van der Waals surface area contributed by atoms with E-state index in [9.17, 15) is 0 Å². The second kappa shape index (κ2) is 7.50. The second-order valence-corrected chi connectivity index (χ2v) is 5.05. The van der Waals surface area contributed by atoms with Gasteiger partial charge in [-0.15, -0.1) is 11.3 Å². The molecule has 1 aromatic carbocycles. The molecule has 2 aromatic rings.